The van der Waals surface area contributed by atoms with Crippen molar-refractivity contribution in [2.75, 3.05) is 0 Å². The maximum absolute atomic E-state index is 3.95. The van der Waals surface area contributed by atoms with E-state index in [4.69, 9.17) is 0 Å². The molecular formula is C12H18. The third-order valence-corrected chi connectivity index (χ3v) is 2.45. The molecule has 0 N–H and O–H groups in total. The first-order valence-electron chi connectivity index (χ1n) is 4.65. The van der Waals surface area contributed by atoms with Crippen molar-refractivity contribution in [3.8, 4) is 0 Å². The van der Waals surface area contributed by atoms with E-state index in [2.05, 4.69) is 45.6 Å². The van der Waals surface area contributed by atoms with Gasteiger partial charge < -0.3 is 0 Å². The van der Waals surface area contributed by atoms with Gasteiger partial charge in [0.2, 0.25) is 0 Å². The van der Waals surface area contributed by atoms with Crippen LogP contribution in [-0.2, 0) is 0 Å². The molecule has 0 fully saturated rings. The molecule has 0 aromatic carbocycles. The molecule has 66 valence electrons. The molecule has 12 heavy (non-hydrogen) atoms. The van der Waals surface area contributed by atoms with Gasteiger partial charge >= 0.3 is 0 Å². The van der Waals surface area contributed by atoms with E-state index in [0.717, 1.165) is 5.92 Å². The third-order valence-electron chi connectivity index (χ3n) is 2.45. The fourth-order valence-corrected chi connectivity index (χ4v) is 1.46. The highest BCUT2D eigenvalue weighted by molar-refractivity contribution is 5.39. The van der Waals surface area contributed by atoms with Crippen LogP contribution in [0.25, 0.3) is 0 Å². The minimum absolute atomic E-state index is 0.710. The van der Waals surface area contributed by atoms with Crippen molar-refractivity contribution in [1.82, 2.24) is 0 Å². The van der Waals surface area contributed by atoms with Gasteiger partial charge in [0, 0.05) is 0 Å². The minimum Gasteiger partial charge on any atom is -0.0955 e. The number of hydrogen-bond donors (Lipinski definition) is 0. The van der Waals surface area contributed by atoms with E-state index in [1.807, 2.05) is 0 Å². The van der Waals surface area contributed by atoms with Crippen LogP contribution in [0, 0.1) is 11.8 Å². The molecule has 0 nitrogen and oxygen atoms in total. The van der Waals surface area contributed by atoms with Gasteiger partial charge in [0.1, 0.15) is 0 Å². The summed E-state index contributed by atoms with van der Waals surface area (Å²) in [5.74, 6) is 1.45. The third kappa shape index (κ3) is 2.10. The zero-order valence-electron chi connectivity index (χ0n) is 8.30. The van der Waals surface area contributed by atoms with E-state index in [1.165, 1.54) is 17.6 Å². The zero-order valence-corrected chi connectivity index (χ0v) is 8.30. The van der Waals surface area contributed by atoms with Crippen molar-refractivity contribution in [1.29, 1.82) is 0 Å². The Kier molecular flexibility index (Phi) is 2.91. The molecule has 0 spiro atoms. The van der Waals surface area contributed by atoms with Crippen LogP contribution in [0.1, 0.15) is 27.2 Å². The van der Waals surface area contributed by atoms with Crippen LogP contribution in [0.15, 0.2) is 36.0 Å². The highest BCUT2D eigenvalue weighted by Gasteiger charge is 2.12. The van der Waals surface area contributed by atoms with Crippen LogP contribution in [0.2, 0.25) is 0 Å². The molecule has 0 heteroatoms. The Morgan fingerprint density at radius 2 is 2.25 bits per heavy atom. The summed E-state index contributed by atoms with van der Waals surface area (Å²) in [6, 6.07) is 0. The lowest BCUT2D eigenvalue weighted by atomic mass is 9.86. The summed E-state index contributed by atoms with van der Waals surface area (Å²) in [5.41, 5.74) is 2.50. The molecule has 0 saturated heterocycles. The fourth-order valence-electron chi connectivity index (χ4n) is 1.46. The normalized spacial score (nSPS) is 22.7. The van der Waals surface area contributed by atoms with Crippen molar-refractivity contribution >= 4 is 0 Å². The summed E-state index contributed by atoms with van der Waals surface area (Å²) in [7, 11) is 0. The van der Waals surface area contributed by atoms with Crippen LogP contribution in [0.4, 0.5) is 0 Å². The van der Waals surface area contributed by atoms with Crippen molar-refractivity contribution in [3.05, 3.63) is 36.0 Å². The molecule has 0 aliphatic heterocycles. The first kappa shape index (κ1) is 9.31. The van der Waals surface area contributed by atoms with E-state index >= 15 is 0 Å². The molecule has 1 unspecified atom stereocenters. The van der Waals surface area contributed by atoms with E-state index in [1.54, 1.807) is 0 Å². The van der Waals surface area contributed by atoms with Crippen LogP contribution in [0.3, 0.4) is 0 Å². The number of rotatable bonds is 2. The van der Waals surface area contributed by atoms with E-state index in [9.17, 15) is 0 Å². The SMILES string of the molecule is C=C(C)C1=CC(C(C)C)CC=C1. The highest BCUT2D eigenvalue weighted by Crippen LogP contribution is 2.26. The Hall–Kier alpha value is -0.780. The molecule has 0 amide bonds. The maximum atomic E-state index is 3.95. The van der Waals surface area contributed by atoms with Gasteiger partial charge in [-0.2, -0.15) is 0 Å². The lowest BCUT2D eigenvalue weighted by molar-refractivity contribution is 0.465. The van der Waals surface area contributed by atoms with Crippen LogP contribution >= 0.6 is 0 Å². The van der Waals surface area contributed by atoms with Crippen LogP contribution < -0.4 is 0 Å². The summed E-state index contributed by atoms with van der Waals surface area (Å²) >= 11 is 0. The molecule has 0 saturated carbocycles. The average Bonchev–Trinajstić information content (AvgIpc) is 2.04. The molecule has 1 aliphatic carbocycles. The zero-order chi connectivity index (χ0) is 9.14. The molecule has 0 heterocycles. The predicted molar refractivity (Wildman–Crippen MR) is 55.0 cm³/mol. The van der Waals surface area contributed by atoms with E-state index in [0.29, 0.717) is 5.92 Å². The molecule has 0 aromatic rings. The largest absolute Gasteiger partial charge is 0.0955 e. The summed E-state index contributed by atoms with van der Waals surface area (Å²) in [5, 5.41) is 0. The van der Waals surface area contributed by atoms with Gasteiger partial charge in [-0.1, -0.05) is 44.2 Å². The van der Waals surface area contributed by atoms with Crippen molar-refractivity contribution in [3.63, 3.8) is 0 Å². The second kappa shape index (κ2) is 3.75. The lowest BCUT2D eigenvalue weighted by Gasteiger charge is -2.20. The monoisotopic (exact) mass is 162 g/mol. The van der Waals surface area contributed by atoms with Crippen molar-refractivity contribution in [2.45, 2.75) is 27.2 Å². The Morgan fingerprint density at radius 3 is 2.75 bits per heavy atom. The Balaban J connectivity index is 2.75. The average molecular weight is 162 g/mol. The number of allylic oxidation sites excluding steroid dienone is 5. The smallest absolute Gasteiger partial charge is 0.0167 e. The summed E-state index contributed by atoms with van der Waals surface area (Å²) < 4.78 is 0. The van der Waals surface area contributed by atoms with Crippen LogP contribution in [0.5, 0.6) is 0 Å². The minimum atomic E-state index is 0.710. The first-order chi connectivity index (χ1) is 5.61. The topological polar surface area (TPSA) is 0 Å². The Bertz CT molecular complexity index is 228. The quantitative estimate of drug-likeness (QED) is 0.580. The van der Waals surface area contributed by atoms with Gasteiger partial charge in [-0.3, -0.25) is 0 Å². The Labute approximate surface area is 75.7 Å². The second-order valence-electron chi connectivity index (χ2n) is 3.95. The Morgan fingerprint density at radius 1 is 1.58 bits per heavy atom. The van der Waals surface area contributed by atoms with Gasteiger partial charge in [0.05, 0.1) is 0 Å². The van der Waals surface area contributed by atoms with Gasteiger partial charge in [-0.05, 0) is 30.8 Å². The summed E-state index contributed by atoms with van der Waals surface area (Å²) in [6.07, 6.45) is 7.98. The molecule has 0 radical (unpaired) electrons. The molecule has 1 aliphatic rings. The van der Waals surface area contributed by atoms with Gasteiger partial charge in [-0.15, -0.1) is 0 Å². The number of hydrogen-bond acceptors (Lipinski definition) is 0. The lowest BCUT2D eigenvalue weighted by Crippen LogP contribution is -2.07. The molecule has 0 aromatic heterocycles. The second-order valence-corrected chi connectivity index (χ2v) is 3.95. The predicted octanol–water partition coefficient (Wildman–Crippen LogP) is 3.72. The van der Waals surface area contributed by atoms with E-state index in [-0.39, 0.29) is 0 Å². The summed E-state index contributed by atoms with van der Waals surface area (Å²) in [6.45, 7) is 10.6. The van der Waals surface area contributed by atoms with Gasteiger partial charge in [0.25, 0.3) is 0 Å². The molecule has 0 bridgehead atoms. The standard InChI is InChI=1S/C12H18/c1-9(2)11-6-5-7-12(8-11)10(3)4/h5-6,8,10,12H,1,7H2,2-4H3. The highest BCUT2D eigenvalue weighted by atomic mass is 14.2. The maximum Gasteiger partial charge on any atom is -0.0167 e. The first-order valence-corrected chi connectivity index (χ1v) is 4.65. The van der Waals surface area contributed by atoms with Gasteiger partial charge in [-0.25, -0.2) is 0 Å². The van der Waals surface area contributed by atoms with E-state index < -0.39 is 0 Å². The molecule has 1 rings (SSSR count). The fraction of sp³-hybridized carbons (Fsp3) is 0.500. The molecule has 1 atom stereocenters. The van der Waals surface area contributed by atoms with Crippen molar-refractivity contribution in [2.24, 2.45) is 11.8 Å². The van der Waals surface area contributed by atoms with Crippen LogP contribution in [-0.4, -0.2) is 0 Å². The summed E-state index contributed by atoms with van der Waals surface area (Å²) in [4.78, 5) is 0. The van der Waals surface area contributed by atoms with Gasteiger partial charge in [0.15, 0.2) is 0 Å². The molecular weight excluding hydrogens is 144 g/mol. The van der Waals surface area contributed by atoms with Crippen molar-refractivity contribution < 1.29 is 0 Å².